The Morgan fingerprint density at radius 2 is 1.86 bits per heavy atom. The number of aromatic nitrogens is 1. The van der Waals surface area contributed by atoms with Gasteiger partial charge in [0.05, 0.1) is 14.2 Å². The van der Waals surface area contributed by atoms with Crippen LogP contribution >= 0.6 is 0 Å². The molecule has 0 spiro atoms. The lowest BCUT2D eigenvalue weighted by molar-refractivity contribution is -0.121. The van der Waals surface area contributed by atoms with E-state index < -0.39 is 0 Å². The minimum atomic E-state index is -0.0860. The first-order valence-electron chi connectivity index (χ1n) is 10.2. The molecule has 0 saturated heterocycles. The predicted octanol–water partition coefficient (Wildman–Crippen LogP) is 5.01. The number of hydrogen-bond donors (Lipinski definition) is 2. The number of fused-ring (bicyclic) bond motifs is 1. The monoisotopic (exact) mass is 394 g/mol. The van der Waals surface area contributed by atoms with Gasteiger partial charge in [0.2, 0.25) is 5.91 Å². The lowest BCUT2D eigenvalue weighted by Gasteiger charge is -2.19. The van der Waals surface area contributed by atoms with Gasteiger partial charge in [0.1, 0.15) is 0 Å². The summed E-state index contributed by atoms with van der Waals surface area (Å²) in [5, 5.41) is 4.20. The zero-order valence-corrected chi connectivity index (χ0v) is 17.5. The zero-order chi connectivity index (χ0) is 20.6. The van der Waals surface area contributed by atoms with Crippen molar-refractivity contribution >= 4 is 16.8 Å². The fourth-order valence-corrected chi connectivity index (χ4v) is 3.72. The first-order chi connectivity index (χ1) is 14.2. The number of amides is 1. The van der Waals surface area contributed by atoms with Crippen molar-refractivity contribution < 1.29 is 14.3 Å². The molecule has 3 rings (SSSR count). The van der Waals surface area contributed by atoms with Crippen LogP contribution in [-0.4, -0.2) is 31.7 Å². The average molecular weight is 395 g/mol. The fourth-order valence-electron chi connectivity index (χ4n) is 3.72. The highest BCUT2D eigenvalue weighted by atomic mass is 16.5. The molecule has 0 fully saturated rings. The fraction of sp³-hybridized carbons (Fsp3) is 0.375. The van der Waals surface area contributed by atoms with Crippen molar-refractivity contribution in [3.05, 3.63) is 59.8 Å². The lowest BCUT2D eigenvalue weighted by atomic mass is 9.87. The number of unbranched alkanes of at least 4 members (excludes halogenated alkanes) is 2. The molecule has 0 radical (unpaired) electrons. The van der Waals surface area contributed by atoms with E-state index in [1.807, 2.05) is 36.5 Å². The number of hydrogen-bond acceptors (Lipinski definition) is 3. The zero-order valence-electron chi connectivity index (χ0n) is 17.5. The molecule has 2 N–H and O–H groups in total. The predicted molar refractivity (Wildman–Crippen MR) is 117 cm³/mol. The smallest absolute Gasteiger partial charge is 0.220 e. The quantitative estimate of drug-likeness (QED) is 0.475. The third kappa shape index (κ3) is 4.91. The standard InChI is InChI=1S/C24H30N2O3/c1-4-5-8-13-25-24(27)15-19(17-11-12-22(28-2)23(14-17)29-3)20-16-26-21-10-7-6-9-18(20)21/h6-7,9-12,14,16,19,26H,4-5,8,13,15H2,1-3H3,(H,25,27). The molecular formula is C24H30N2O3. The molecular weight excluding hydrogens is 364 g/mol. The molecule has 0 aliphatic carbocycles. The Kier molecular flexibility index (Phi) is 7.17. The number of para-hydroxylation sites is 1. The molecule has 3 aromatic rings. The molecule has 5 heteroatoms. The van der Waals surface area contributed by atoms with E-state index in [1.54, 1.807) is 14.2 Å². The van der Waals surface area contributed by atoms with Gasteiger partial charge in [0.25, 0.3) is 0 Å². The maximum absolute atomic E-state index is 12.7. The number of carbonyl (C=O) groups excluding carboxylic acids is 1. The van der Waals surface area contributed by atoms with Gasteiger partial charge in [0, 0.05) is 36.0 Å². The number of nitrogens with one attached hydrogen (secondary N) is 2. The van der Waals surface area contributed by atoms with Crippen molar-refractivity contribution in [2.24, 2.45) is 0 Å². The number of carbonyl (C=O) groups is 1. The maximum Gasteiger partial charge on any atom is 0.220 e. The number of benzene rings is 2. The summed E-state index contributed by atoms with van der Waals surface area (Å²) in [6, 6.07) is 14.1. The summed E-state index contributed by atoms with van der Waals surface area (Å²) < 4.78 is 10.9. The normalized spacial score (nSPS) is 12.0. The molecule has 29 heavy (non-hydrogen) atoms. The van der Waals surface area contributed by atoms with Gasteiger partial charge in [0.15, 0.2) is 11.5 Å². The van der Waals surface area contributed by atoms with Crippen LogP contribution in [0.5, 0.6) is 11.5 Å². The van der Waals surface area contributed by atoms with Crippen LogP contribution in [0, 0.1) is 0 Å². The van der Waals surface area contributed by atoms with Gasteiger partial charge in [-0.3, -0.25) is 4.79 Å². The summed E-state index contributed by atoms with van der Waals surface area (Å²) in [5.41, 5.74) is 3.20. The summed E-state index contributed by atoms with van der Waals surface area (Å²) in [6.45, 7) is 2.88. The molecule has 1 aromatic heterocycles. The van der Waals surface area contributed by atoms with Crippen molar-refractivity contribution in [2.75, 3.05) is 20.8 Å². The Bertz CT molecular complexity index is 948. The highest BCUT2D eigenvalue weighted by Crippen LogP contribution is 2.37. The van der Waals surface area contributed by atoms with Crippen molar-refractivity contribution in [1.29, 1.82) is 0 Å². The second-order valence-corrected chi connectivity index (χ2v) is 7.22. The van der Waals surface area contributed by atoms with Crippen molar-refractivity contribution in [3.63, 3.8) is 0 Å². The van der Waals surface area contributed by atoms with Crippen LogP contribution in [0.3, 0.4) is 0 Å². The van der Waals surface area contributed by atoms with E-state index in [1.165, 1.54) is 0 Å². The number of methoxy groups -OCH3 is 2. The SMILES string of the molecule is CCCCCNC(=O)CC(c1ccc(OC)c(OC)c1)c1c[nH]c2ccccc12. The van der Waals surface area contributed by atoms with Crippen molar-refractivity contribution in [2.45, 2.75) is 38.5 Å². The molecule has 0 aliphatic rings. The van der Waals surface area contributed by atoms with E-state index in [-0.39, 0.29) is 11.8 Å². The lowest BCUT2D eigenvalue weighted by Crippen LogP contribution is -2.26. The second kappa shape index (κ2) is 10.0. The Balaban J connectivity index is 1.93. The Morgan fingerprint density at radius 1 is 1.07 bits per heavy atom. The van der Waals surface area contributed by atoms with Crippen molar-refractivity contribution in [1.82, 2.24) is 10.3 Å². The highest BCUT2D eigenvalue weighted by molar-refractivity contribution is 5.86. The van der Waals surface area contributed by atoms with Gasteiger partial charge < -0.3 is 19.8 Å². The van der Waals surface area contributed by atoms with E-state index >= 15 is 0 Å². The molecule has 0 saturated carbocycles. The molecule has 5 nitrogen and oxygen atoms in total. The number of rotatable bonds is 10. The molecule has 1 unspecified atom stereocenters. The van der Waals surface area contributed by atoms with Crippen molar-refractivity contribution in [3.8, 4) is 11.5 Å². The summed E-state index contributed by atoms with van der Waals surface area (Å²) in [7, 11) is 3.25. The minimum Gasteiger partial charge on any atom is -0.493 e. The van der Waals surface area contributed by atoms with Gasteiger partial charge in [-0.2, -0.15) is 0 Å². The van der Waals surface area contributed by atoms with Crippen LogP contribution in [0.25, 0.3) is 10.9 Å². The third-order valence-corrected chi connectivity index (χ3v) is 5.30. The van der Waals surface area contributed by atoms with Crippen LogP contribution in [-0.2, 0) is 4.79 Å². The Hall–Kier alpha value is -2.95. The molecule has 0 aliphatic heterocycles. The summed E-state index contributed by atoms with van der Waals surface area (Å²) in [4.78, 5) is 16.1. The van der Waals surface area contributed by atoms with Gasteiger partial charge in [-0.05, 0) is 35.7 Å². The van der Waals surface area contributed by atoms with E-state index in [0.717, 1.165) is 47.8 Å². The Morgan fingerprint density at radius 3 is 2.62 bits per heavy atom. The van der Waals surface area contributed by atoms with E-state index in [0.29, 0.717) is 17.9 Å². The third-order valence-electron chi connectivity index (χ3n) is 5.30. The van der Waals surface area contributed by atoms with E-state index in [4.69, 9.17) is 9.47 Å². The largest absolute Gasteiger partial charge is 0.493 e. The summed E-state index contributed by atoms with van der Waals surface area (Å²) in [5.74, 6) is 1.32. The number of ether oxygens (including phenoxy) is 2. The van der Waals surface area contributed by atoms with Gasteiger partial charge in [-0.15, -0.1) is 0 Å². The van der Waals surface area contributed by atoms with Gasteiger partial charge in [-0.25, -0.2) is 0 Å². The van der Waals surface area contributed by atoms with Crippen LogP contribution in [0.2, 0.25) is 0 Å². The second-order valence-electron chi connectivity index (χ2n) is 7.22. The highest BCUT2D eigenvalue weighted by Gasteiger charge is 2.22. The molecule has 1 amide bonds. The average Bonchev–Trinajstić information content (AvgIpc) is 3.18. The van der Waals surface area contributed by atoms with Crippen LogP contribution in [0.4, 0.5) is 0 Å². The van der Waals surface area contributed by atoms with E-state index in [2.05, 4.69) is 29.4 Å². The number of H-pyrrole nitrogens is 1. The van der Waals surface area contributed by atoms with Crippen LogP contribution in [0.15, 0.2) is 48.7 Å². The maximum atomic E-state index is 12.7. The van der Waals surface area contributed by atoms with Crippen LogP contribution < -0.4 is 14.8 Å². The first kappa shape index (κ1) is 20.8. The van der Waals surface area contributed by atoms with E-state index in [9.17, 15) is 4.79 Å². The minimum absolute atomic E-state index is 0.0613. The molecule has 1 atom stereocenters. The van der Waals surface area contributed by atoms with Gasteiger partial charge in [-0.1, -0.05) is 44.0 Å². The number of aromatic amines is 1. The van der Waals surface area contributed by atoms with Gasteiger partial charge >= 0.3 is 0 Å². The molecule has 2 aromatic carbocycles. The molecule has 0 bridgehead atoms. The first-order valence-corrected chi connectivity index (χ1v) is 10.2. The summed E-state index contributed by atoms with van der Waals surface area (Å²) in [6.07, 6.45) is 5.66. The topological polar surface area (TPSA) is 63.4 Å². The Labute approximate surface area is 172 Å². The van der Waals surface area contributed by atoms with Crippen LogP contribution in [0.1, 0.15) is 49.7 Å². The summed E-state index contributed by atoms with van der Waals surface area (Å²) >= 11 is 0. The molecule has 154 valence electrons. The molecule has 1 heterocycles.